The van der Waals surface area contributed by atoms with Crippen LogP contribution in [0.3, 0.4) is 0 Å². The van der Waals surface area contributed by atoms with Gasteiger partial charge in [0.05, 0.1) is 10.8 Å². The van der Waals surface area contributed by atoms with Crippen molar-refractivity contribution in [3.05, 3.63) is 29.3 Å². The summed E-state index contributed by atoms with van der Waals surface area (Å²) in [5, 5.41) is 9.00. The lowest BCUT2D eigenvalue weighted by atomic mass is 10.0. The summed E-state index contributed by atoms with van der Waals surface area (Å²) in [7, 11) is -3.27. The number of sulfone groups is 1. The largest absolute Gasteiger partial charge is 0.481 e. The number of rotatable bonds is 2. The molecule has 1 aliphatic carbocycles. The zero-order chi connectivity index (χ0) is 11.9. The zero-order valence-corrected chi connectivity index (χ0v) is 9.62. The van der Waals surface area contributed by atoms with Gasteiger partial charge in [0.1, 0.15) is 0 Å². The lowest BCUT2D eigenvalue weighted by Gasteiger charge is -2.07. The van der Waals surface area contributed by atoms with Gasteiger partial charge >= 0.3 is 5.97 Å². The lowest BCUT2D eigenvalue weighted by molar-refractivity contribution is -0.138. The van der Waals surface area contributed by atoms with Crippen LogP contribution in [0.5, 0.6) is 0 Å². The number of carboxylic acid groups (broad SMARTS) is 1. The van der Waals surface area contributed by atoms with Gasteiger partial charge in [0.2, 0.25) is 0 Å². The number of carboxylic acids is 1. The predicted octanol–water partition coefficient (Wildman–Crippen LogP) is 1.20. The maximum Gasteiger partial charge on any atom is 0.310 e. The first kappa shape index (κ1) is 11.1. The smallest absolute Gasteiger partial charge is 0.310 e. The van der Waals surface area contributed by atoms with Crippen LogP contribution in [0.2, 0.25) is 0 Å². The summed E-state index contributed by atoms with van der Waals surface area (Å²) >= 11 is 0. The Morgan fingerprint density at radius 1 is 1.44 bits per heavy atom. The molecule has 0 spiro atoms. The van der Waals surface area contributed by atoms with Gasteiger partial charge in [-0.15, -0.1) is 0 Å². The fraction of sp³-hybridized carbons (Fsp3) is 0.364. The van der Waals surface area contributed by atoms with Crippen LogP contribution in [0.15, 0.2) is 23.1 Å². The Kier molecular flexibility index (Phi) is 2.50. The molecule has 0 saturated carbocycles. The van der Waals surface area contributed by atoms with Crippen LogP contribution in [0.1, 0.15) is 23.5 Å². The molecular formula is C11H12O4S. The normalized spacial score (nSPS) is 19.4. The van der Waals surface area contributed by atoms with E-state index in [1.54, 1.807) is 12.1 Å². The standard InChI is InChI=1S/C11H12O4S/c1-16(14,15)8-4-2-7-3-5-9(11(12)13)10(7)6-8/h2,4,6,9H,3,5H2,1H3,(H,12,13). The van der Waals surface area contributed by atoms with E-state index in [0.29, 0.717) is 18.4 Å². The van der Waals surface area contributed by atoms with Crippen LogP contribution in [-0.2, 0) is 21.1 Å². The van der Waals surface area contributed by atoms with Crippen LogP contribution in [0.4, 0.5) is 0 Å². The van der Waals surface area contributed by atoms with E-state index in [-0.39, 0.29) is 4.90 Å². The number of aliphatic carboxylic acids is 1. The molecular weight excluding hydrogens is 228 g/mol. The number of aryl methyl sites for hydroxylation is 1. The van der Waals surface area contributed by atoms with E-state index >= 15 is 0 Å². The van der Waals surface area contributed by atoms with Crippen molar-refractivity contribution in [3.63, 3.8) is 0 Å². The average molecular weight is 240 g/mol. The number of fused-ring (bicyclic) bond motifs is 1. The van der Waals surface area contributed by atoms with Crippen LogP contribution < -0.4 is 0 Å². The summed E-state index contributed by atoms with van der Waals surface area (Å²) in [5.74, 6) is -1.44. The summed E-state index contributed by atoms with van der Waals surface area (Å²) in [6, 6.07) is 4.75. The van der Waals surface area contributed by atoms with Crippen molar-refractivity contribution in [2.45, 2.75) is 23.7 Å². The van der Waals surface area contributed by atoms with Gasteiger partial charge in [-0.25, -0.2) is 8.42 Å². The molecule has 0 aromatic heterocycles. The van der Waals surface area contributed by atoms with Crippen LogP contribution in [0.25, 0.3) is 0 Å². The van der Waals surface area contributed by atoms with Gasteiger partial charge in [0.25, 0.3) is 0 Å². The molecule has 1 N–H and O–H groups in total. The number of hydrogen-bond donors (Lipinski definition) is 1. The summed E-state index contributed by atoms with van der Waals surface area (Å²) in [6.07, 6.45) is 2.38. The van der Waals surface area contributed by atoms with Gasteiger partial charge in [0.15, 0.2) is 9.84 Å². The molecule has 1 aromatic rings. The predicted molar refractivity (Wildman–Crippen MR) is 58.2 cm³/mol. The van der Waals surface area contributed by atoms with E-state index in [1.165, 1.54) is 6.07 Å². The van der Waals surface area contributed by atoms with Crippen molar-refractivity contribution >= 4 is 15.8 Å². The molecule has 4 nitrogen and oxygen atoms in total. The summed E-state index contributed by atoms with van der Waals surface area (Å²) in [4.78, 5) is 11.2. The Balaban J connectivity index is 2.54. The number of hydrogen-bond acceptors (Lipinski definition) is 3. The second kappa shape index (κ2) is 3.59. The highest BCUT2D eigenvalue weighted by atomic mass is 32.2. The maximum absolute atomic E-state index is 11.4. The van der Waals surface area contributed by atoms with Gasteiger partial charge < -0.3 is 5.11 Å². The Labute approximate surface area is 93.8 Å². The summed E-state index contributed by atoms with van der Waals surface area (Å²) in [5.41, 5.74) is 1.59. The minimum absolute atomic E-state index is 0.194. The topological polar surface area (TPSA) is 71.4 Å². The fourth-order valence-corrected chi connectivity index (χ4v) is 2.72. The first-order valence-corrected chi connectivity index (χ1v) is 6.84. The van der Waals surface area contributed by atoms with E-state index in [2.05, 4.69) is 0 Å². The first-order valence-electron chi connectivity index (χ1n) is 4.95. The summed E-state index contributed by atoms with van der Waals surface area (Å²) in [6.45, 7) is 0. The maximum atomic E-state index is 11.4. The monoisotopic (exact) mass is 240 g/mol. The highest BCUT2D eigenvalue weighted by molar-refractivity contribution is 7.90. The van der Waals surface area contributed by atoms with Crippen molar-refractivity contribution in [1.82, 2.24) is 0 Å². The van der Waals surface area contributed by atoms with Crippen molar-refractivity contribution in [2.24, 2.45) is 0 Å². The van der Waals surface area contributed by atoms with Crippen molar-refractivity contribution in [1.29, 1.82) is 0 Å². The molecule has 0 saturated heterocycles. The molecule has 0 bridgehead atoms. The highest BCUT2D eigenvalue weighted by Crippen LogP contribution is 2.34. The molecule has 0 aliphatic heterocycles. The van der Waals surface area contributed by atoms with E-state index in [1.807, 2.05) is 0 Å². The molecule has 5 heteroatoms. The van der Waals surface area contributed by atoms with Gasteiger partial charge in [-0.1, -0.05) is 6.07 Å². The van der Waals surface area contributed by atoms with Gasteiger partial charge in [-0.2, -0.15) is 0 Å². The Bertz CT molecular complexity index is 545. The summed E-state index contributed by atoms with van der Waals surface area (Å²) < 4.78 is 22.7. The Morgan fingerprint density at radius 3 is 2.69 bits per heavy atom. The van der Waals surface area contributed by atoms with Crippen molar-refractivity contribution in [2.75, 3.05) is 6.26 Å². The van der Waals surface area contributed by atoms with Gasteiger partial charge in [-0.05, 0) is 36.1 Å². The van der Waals surface area contributed by atoms with Crippen molar-refractivity contribution in [3.8, 4) is 0 Å². The third-order valence-corrected chi connectivity index (χ3v) is 4.03. The van der Waals surface area contributed by atoms with E-state index in [9.17, 15) is 13.2 Å². The SMILES string of the molecule is CS(=O)(=O)c1ccc2c(c1)C(C(=O)O)CC2. The molecule has 86 valence electrons. The fourth-order valence-electron chi connectivity index (χ4n) is 2.07. The number of benzene rings is 1. The molecule has 1 aromatic carbocycles. The molecule has 0 fully saturated rings. The lowest BCUT2D eigenvalue weighted by Crippen LogP contribution is -2.08. The average Bonchev–Trinajstić information content (AvgIpc) is 2.58. The number of carbonyl (C=O) groups is 1. The minimum atomic E-state index is -3.27. The first-order chi connectivity index (χ1) is 7.39. The molecule has 0 radical (unpaired) electrons. The van der Waals surface area contributed by atoms with E-state index in [0.717, 1.165) is 11.8 Å². The van der Waals surface area contributed by atoms with E-state index in [4.69, 9.17) is 5.11 Å². The third-order valence-electron chi connectivity index (χ3n) is 2.92. The quantitative estimate of drug-likeness (QED) is 0.843. The molecule has 2 rings (SSSR count). The van der Waals surface area contributed by atoms with Crippen LogP contribution in [-0.4, -0.2) is 25.7 Å². The zero-order valence-electron chi connectivity index (χ0n) is 8.80. The van der Waals surface area contributed by atoms with Crippen LogP contribution in [0, 0.1) is 0 Å². The molecule has 1 unspecified atom stereocenters. The van der Waals surface area contributed by atoms with Crippen LogP contribution >= 0.6 is 0 Å². The van der Waals surface area contributed by atoms with Gasteiger partial charge in [0, 0.05) is 6.26 Å². The Hall–Kier alpha value is -1.36. The minimum Gasteiger partial charge on any atom is -0.481 e. The second-order valence-electron chi connectivity index (χ2n) is 4.06. The molecule has 16 heavy (non-hydrogen) atoms. The highest BCUT2D eigenvalue weighted by Gasteiger charge is 2.29. The molecule has 0 amide bonds. The molecule has 1 atom stereocenters. The van der Waals surface area contributed by atoms with Gasteiger partial charge in [-0.3, -0.25) is 4.79 Å². The Morgan fingerprint density at radius 2 is 2.12 bits per heavy atom. The van der Waals surface area contributed by atoms with Crippen molar-refractivity contribution < 1.29 is 18.3 Å². The molecule has 1 aliphatic rings. The third kappa shape index (κ3) is 1.82. The molecule has 0 heterocycles. The van der Waals surface area contributed by atoms with E-state index < -0.39 is 21.7 Å². The second-order valence-corrected chi connectivity index (χ2v) is 6.08.